The first kappa shape index (κ1) is 11.4. The Morgan fingerprint density at radius 2 is 2.13 bits per heavy atom. The summed E-state index contributed by atoms with van der Waals surface area (Å²) in [6.07, 6.45) is 0.0645. The van der Waals surface area contributed by atoms with Crippen LogP contribution in [0.3, 0.4) is 0 Å². The summed E-state index contributed by atoms with van der Waals surface area (Å²) in [5.41, 5.74) is 5.65. The number of hydrogen-bond donors (Lipinski definition) is 1. The van der Waals surface area contributed by atoms with Crippen molar-refractivity contribution in [2.24, 2.45) is 0 Å². The van der Waals surface area contributed by atoms with Crippen LogP contribution in [0.4, 0.5) is 14.5 Å². The summed E-state index contributed by atoms with van der Waals surface area (Å²) in [5, 5.41) is 0. The van der Waals surface area contributed by atoms with Gasteiger partial charge in [0.2, 0.25) is 0 Å². The molecule has 0 atom stereocenters. The van der Waals surface area contributed by atoms with E-state index < -0.39 is 17.6 Å². The lowest BCUT2D eigenvalue weighted by Gasteiger charge is -2.07. The average molecular weight is 215 g/mol. The molecule has 0 aliphatic carbocycles. The van der Waals surface area contributed by atoms with Gasteiger partial charge in [-0.3, -0.25) is 4.79 Å². The van der Waals surface area contributed by atoms with Gasteiger partial charge in [0.1, 0.15) is 0 Å². The summed E-state index contributed by atoms with van der Waals surface area (Å²) >= 11 is 0. The van der Waals surface area contributed by atoms with Crippen molar-refractivity contribution < 1.29 is 18.3 Å². The molecule has 0 saturated carbocycles. The third kappa shape index (κ3) is 2.90. The Bertz CT molecular complexity index is 380. The Morgan fingerprint density at radius 3 is 2.73 bits per heavy atom. The molecule has 0 spiro atoms. The summed E-state index contributed by atoms with van der Waals surface area (Å²) in [6.45, 7) is 1.23. The van der Waals surface area contributed by atoms with Crippen LogP contribution in [-0.4, -0.2) is 12.6 Å². The Labute approximate surface area is 85.8 Å². The molecule has 0 unspecified atom stereocenters. The van der Waals surface area contributed by atoms with Gasteiger partial charge in [0, 0.05) is 24.6 Å². The fraction of sp³-hybridized carbons (Fsp3) is 0.300. The SMILES string of the molecule is CC(=O)OCCc1c(N)ccc(F)c1F. The molecule has 0 saturated heterocycles. The van der Waals surface area contributed by atoms with E-state index in [-0.39, 0.29) is 24.3 Å². The van der Waals surface area contributed by atoms with Gasteiger partial charge in [-0.15, -0.1) is 0 Å². The molecule has 82 valence electrons. The molecule has 0 fully saturated rings. The zero-order valence-electron chi connectivity index (χ0n) is 8.22. The van der Waals surface area contributed by atoms with Crippen LogP contribution < -0.4 is 5.73 Å². The molecule has 0 aliphatic rings. The smallest absolute Gasteiger partial charge is 0.302 e. The lowest BCUT2D eigenvalue weighted by atomic mass is 10.1. The summed E-state index contributed by atoms with van der Waals surface area (Å²) in [7, 11) is 0. The van der Waals surface area contributed by atoms with Crippen LogP contribution in [0.2, 0.25) is 0 Å². The van der Waals surface area contributed by atoms with Crippen molar-refractivity contribution in [1.82, 2.24) is 0 Å². The molecule has 1 aromatic rings. The third-order valence-electron chi connectivity index (χ3n) is 1.89. The third-order valence-corrected chi connectivity index (χ3v) is 1.89. The van der Waals surface area contributed by atoms with Crippen LogP contribution in [0.25, 0.3) is 0 Å². The quantitative estimate of drug-likeness (QED) is 0.616. The van der Waals surface area contributed by atoms with E-state index >= 15 is 0 Å². The fourth-order valence-electron chi connectivity index (χ4n) is 1.16. The first-order valence-electron chi connectivity index (χ1n) is 4.38. The minimum atomic E-state index is -0.984. The van der Waals surface area contributed by atoms with Gasteiger partial charge in [-0.1, -0.05) is 0 Å². The van der Waals surface area contributed by atoms with E-state index in [9.17, 15) is 13.6 Å². The number of carbonyl (C=O) groups is 1. The van der Waals surface area contributed by atoms with Crippen molar-refractivity contribution in [2.75, 3.05) is 12.3 Å². The molecule has 1 aromatic carbocycles. The molecule has 0 bridgehead atoms. The van der Waals surface area contributed by atoms with Crippen molar-refractivity contribution in [2.45, 2.75) is 13.3 Å². The van der Waals surface area contributed by atoms with Crippen molar-refractivity contribution in [3.63, 3.8) is 0 Å². The molecule has 0 aromatic heterocycles. The average Bonchev–Trinajstić information content (AvgIpc) is 2.17. The van der Waals surface area contributed by atoms with Gasteiger partial charge in [-0.05, 0) is 12.1 Å². The van der Waals surface area contributed by atoms with Gasteiger partial charge in [0.25, 0.3) is 0 Å². The zero-order chi connectivity index (χ0) is 11.4. The Balaban J connectivity index is 2.75. The molecule has 0 heterocycles. The highest BCUT2D eigenvalue weighted by molar-refractivity contribution is 5.65. The first-order chi connectivity index (χ1) is 7.02. The Morgan fingerprint density at radius 1 is 1.47 bits per heavy atom. The summed E-state index contributed by atoms with van der Waals surface area (Å²) in [5.74, 6) is -2.41. The van der Waals surface area contributed by atoms with Gasteiger partial charge in [0.15, 0.2) is 11.6 Å². The van der Waals surface area contributed by atoms with Crippen LogP contribution >= 0.6 is 0 Å². The lowest BCUT2D eigenvalue weighted by molar-refractivity contribution is -0.140. The van der Waals surface area contributed by atoms with E-state index in [1.807, 2.05) is 0 Å². The predicted molar refractivity (Wildman–Crippen MR) is 51.1 cm³/mol. The monoisotopic (exact) mass is 215 g/mol. The first-order valence-corrected chi connectivity index (χ1v) is 4.38. The van der Waals surface area contributed by atoms with Crippen LogP contribution in [0, 0.1) is 11.6 Å². The number of anilines is 1. The fourth-order valence-corrected chi connectivity index (χ4v) is 1.16. The molecule has 0 amide bonds. The highest BCUT2D eigenvalue weighted by Gasteiger charge is 2.11. The van der Waals surface area contributed by atoms with E-state index in [2.05, 4.69) is 4.74 Å². The second-order valence-corrected chi connectivity index (χ2v) is 3.02. The van der Waals surface area contributed by atoms with Crippen LogP contribution in [-0.2, 0) is 16.0 Å². The van der Waals surface area contributed by atoms with Crippen LogP contribution in [0.1, 0.15) is 12.5 Å². The molecule has 0 aliphatic heterocycles. The molecule has 1 rings (SSSR count). The predicted octanol–water partition coefficient (Wildman–Crippen LogP) is 1.65. The second kappa shape index (κ2) is 4.72. The van der Waals surface area contributed by atoms with Gasteiger partial charge >= 0.3 is 5.97 Å². The standard InChI is InChI=1S/C10H11F2NO2/c1-6(14)15-5-4-7-9(13)3-2-8(11)10(7)12/h2-3H,4-5,13H2,1H3. The molecule has 3 nitrogen and oxygen atoms in total. The van der Waals surface area contributed by atoms with Crippen LogP contribution in [0.15, 0.2) is 12.1 Å². The maximum Gasteiger partial charge on any atom is 0.302 e. The van der Waals surface area contributed by atoms with Crippen molar-refractivity contribution in [3.8, 4) is 0 Å². The molecule has 0 radical (unpaired) electrons. The number of nitrogens with two attached hydrogens (primary N) is 1. The van der Waals surface area contributed by atoms with E-state index in [1.54, 1.807) is 0 Å². The van der Waals surface area contributed by atoms with Gasteiger partial charge < -0.3 is 10.5 Å². The number of hydrogen-bond acceptors (Lipinski definition) is 3. The molecular formula is C10H11F2NO2. The molecular weight excluding hydrogens is 204 g/mol. The highest BCUT2D eigenvalue weighted by atomic mass is 19.2. The van der Waals surface area contributed by atoms with Gasteiger partial charge in [-0.2, -0.15) is 0 Å². The largest absolute Gasteiger partial charge is 0.466 e. The van der Waals surface area contributed by atoms with Gasteiger partial charge in [0.05, 0.1) is 6.61 Å². The van der Waals surface area contributed by atoms with Crippen molar-refractivity contribution in [1.29, 1.82) is 0 Å². The Hall–Kier alpha value is -1.65. The topological polar surface area (TPSA) is 52.3 Å². The van der Waals surface area contributed by atoms with Crippen LogP contribution in [0.5, 0.6) is 0 Å². The summed E-state index contributed by atoms with van der Waals surface area (Å²) < 4.78 is 30.6. The molecule has 2 N–H and O–H groups in total. The summed E-state index contributed by atoms with van der Waals surface area (Å²) in [6, 6.07) is 2.24. The Kier molecular flexibility index (Phi) is 3.60. The molecule has 15 heavy (non-hydrogen) atoms. The van der Waals surface area contributed by atoms with E-state index in [0.717, 1.165) is 6.07 Å². The number of halogens is 2. The maximum absolute atomic E-state index is 13.2. The number of esters is 1. The zero-order valence-corrected chi connectivity index (χ0v) is 8.22. The number of ether oxygens (including phenoxy) is 1. The van der Waals surface area contributed by atoms with Crippen molar-refractivity contribution >= 4 is 11.7 Å². The highest BCUT2D eigenvalue weighted by Crippen LogP contribution is 2.19. The van der Waals surface area contributed by atoms with Gasteiger partial charge in [-0.25, -0.2) is 8.78 Å². The lowest BCUT2D eigenvalue weighted by Crippen LogP contribution is -2.07. The number of nitrogen functional groups attached to an aromatic ring is 1. The number of rotatable bonds is 3. The molecule has 5 heteroatoms. The van der Waals surface area contributed by atoms with E-state index in [4.69, 9.17) is 5.73 Å². The van der Waals surface area contributed by atoms with E-state index in [0.29, 0.717) is 0 Å². The normalized spacial score (nSPS) is 10.1. The minimum Gasteiger partial charge on any atom is -0.466 e. The van der Waals surface area contributed by atoms with Crippen molar-refractivity contribution in [3.05, 3.63) is 29.3 Å². The maximum atomic E-state index is 13.2. The number of benzene rings is 1. The van der Waals surface area contributed by atoms with E-state index in [1.165, 1.54) is 13.0 Å². The number of carbonyl (C=O) groups excluding carboxylic acids is 1. The second-order valence-electron chi connectivity index (χ2n) is 3.02. The summed E-state index contributed by atoms with van der Waals surface area (Å²) in [4.78, 5) is 10.4. The minimum absolute atomic E-state index is 0.0140.